The van der Waals surface area contributed by atoms with Crippen molar-refractivity contribution in [3.63, 3.8) is 0 Å². The number of hydrogen-bond donors (Lipinski definition) is 1. The third kappa shape index (κ3) is 2.51. The first kappa shape index (κ1) is 12.3. The van der Waals surface area contributed by atoms with E-state index in [-0.39, 0.29) is 5.82 Å². The summed E-state index contributed by atoms with van der Waals surface area (Å²) in [6.07, 6.45) is 5.71. The summed E-state index contributed by atoms with van der Waals surface area (Å²) in [4.78, 5) is 4.16. The molecule has 3 heteroatoms. The van der Waals surface area contributed by atoms with Crippen LogP contribution in [0.3, 0.4) is 0 Å². The van der Waals surface area contributed by atoms with Gasteiger partial charge in [0.05, 0.1) is 0 Å². The molecule has 0 radical (unpaired) electrons. The summed E-state index contributed by atoms with van der Waals surface area (Å²) in [6, 6.07) is 7.47. The minimum atomic E-state index is -0.137. The zero-order valence-electron chi connectivity index (χ0n) is 11.0. The molecule has 0 spiro atoms. The Balaban J connectivity index is 1.72. The Labute approximate surface area is 112 Å². The maximum atomic E-state index is 13.2. The Hall–Kier alpha value is -1.74. The number of benzene rings is 1. The first-order valence-corrected chi connectivity index (χ1v) is 6.65. The van der Waals surface area contributed by atoms with Gasteiger partial charge in [0.25, 0.3) is 0 Å². The number of nitrogens with zero attached hydrogens (tertiary/aromatic N) is 1. The summed E-state index contributed by atoms with van der Waals surface area (Å²) in [6.45, 7) is 2.90. The molecule has 1 aliphatic carbocycles. The summed E-state index contributed by atoms with van der Waals surface area (Å²) in [5.74, 6) is -0.137. The average Bonchev–Trinajstić information content (AvgIpc) is 2.80. The van der Waals surface area contributed by atoms with Gasteiger partial charge in [-0.15, -0.1) is 0 Å². The van der Waals surface area contributed by atoms with Crippen LogP contribution in [0.25, 0.3) is 0 Å². The normalized spacial score (nSPS) is 17.5. The van der Waals surface area contributed by atoms with Gasteiger partial charge >= 0.3 is 0 Å². The zero-order valence-corrected chi connectivity index (χ0v) is 11.0. The highest BCUT2D eigenvalue weighted by molar-refractivity contribution is 5.35. The van der Waals surface area contributed by atoms with Gasteiger partial charge in [-0.25, -0.2) is 4.39 Å². The molecule has 1 unspecified atom stereocenters. The quantitative estimate of drug-likeness (QED) is 0.911. The number of pyridine rings is 1. The van der Waals surface area contributed by atoms with E-state index in [2.05, 4.69) is 17.2 Å². The number of halogens is 1. The highest BCUT2D eigenvalue weighted by atomic mass is 19.1. The second kappa shape index (κ2) is 5.10. The molecule has 1 aliphatic rings. The van der Waals surface area contributed by atoms with Gasteiger partial charge in [-0.3, -0.25) is 4.98 Å². The van der Waals surface area contributed by atoms with Crippen molar-refractivity contribution in [3.05, 3.63) is 64.7 Å². The van der Waals surface area contributed by atoms with E-state index in [0.717, 1.165) is 24.9 Å². The number of nitrogens with one attached hydrogen (secondary N) is 1. The van der Waals surface area contributed by atoms with Crippen molar-refractivity contribution in [1.82, 2.24) is 10.3 Å². The Morgan fingerprint density at radius 1 is 1.37 bits per heavy atom. The maximum Gasteiger partial charge on any atom is 0.123 e. The molecule has 1 aromatic heterocycles. The molecule has 1 atom stereocenters. The minimum Gasteiger partial charge on any atom is -0.306 e. The van der Waals surface area contributed by atoms with Crippen LogP contribution < -0.4 is 5.32 Å². The molecule has 2 aromatic rings. The first-order valence-electron chi connectivity index (χ1n) is 6.65. The third-order valence-electron chi connectivity index (χ3n) is 3.87. The second-order valence-electron chi connectivity index (χ2n) is 5.12. The van der Waals surface area contributed by atoms with E-state index < -0.39 is 0 Å². The van der Waals surface area contributed by atoms with Gasteiger partial charge in [0, 0.05) is 25.0 Å². The lowest BCUT2D eigenvalue weighted by Gasteiger charge is -2.15. The average molecular weight is 256 g/mol. The number of rotatable bonds is 3. The van der Waals surface area contributed by atoms with Crippen molar-refractivity contribution in [2.45, 2.75) is 32.4 Å². The van der Waals surface area contributed by atoms with Gasteiger partial charge < -0.3 is 5.32 Å². The van der Waals surface area contributed by atoms with Gasteiger partial charge in [-0.2, -0.15) is 0 Å². The molecular formula is C16H17FN2. The predicted molar refractivity (Wildman–Crippen MR) is 73.3 cm³/mol. The number of hydrogen-bond acceptors (Lipinski definition) is 2. The van der Waals surface area contributed by atoms with Gasteiger partial charge in [-0.1, -0.05) is 6.07 Å². The lowest BCUT2D eigenvalue weighted by atomic mass is 10.1. The van der Waals surface area contributed by atoms with E-state index in [9.17, 15) is 4.39 Å². The maximum absolute atomic E-state index is 13.2. The van der Waals surface area contributed by atoms with Gasteiger partial charge in [0.1, 0.15) is 5.82 Å². The standard InChI is InChI=1S/C16H17FN2/c1-11-6-7-18-9-13(11)10-19-16-5-2-12-8-14(17)3-4-15(12)16/h3-4,6-9,16,19H,2,5,10H2,1H3. The van der Waals surface area contributed by atoms with Crippen molar-refractivity contribution in [2.75, 3.05) is 0 Å². The first-order chi connectivity index (χ1) is 9.24. The van der Waals surface area contributed by atoms with Crippen LogP contribution in [0.5, 0.6) is 0 Å². The molecule has 0 aliphatic heterocycles. The van der Waals surface area contributed by atoms with E-state index >= 15 is 0 Å². The van der Waals surface area contributed by atoms with E-state index in [1.807, 2.05) is 24.5 Å². The van der Waals surface area contributed by atoms with Crippen LogP contribution in [0.15, 0.2) is 36.7 Å². The molecule has 1 aromatic carbocycles. The summed E-state index contributed by atoms with van der Waals surface area (Å²) in [5.41, 5.74) is 4.85. The highest BCUT2D eigenvalue weighted by Crippen LogP contribution is 2.31. The fourth-order valence-corrected chi connectivity index (χ4v) is 2.71. The van der Waals surface area contributed by atoms with Crippen molar-refractivity contribution in [3.8, 4) is 0 Å². The smallest absolute Gasteiger partial charge is 0.123 e. The number of fused-ring (bicyclic) bond motifs is 1. The largest absolute Gasteiger partial charge is 0.306 e. The predicted octanol–water partition coefficient (Wildman–Crippen LogP) is 3.31. The Morgan fingerprint density at radius 2 is 2.26 bits per heavy atom. The van der Waals surface area contributed by atoms with E-state index in [1.54, 1.807) is 12.1 Å². The fourth-order valence-electron chi connectivity index (χ4n) is 2.71. The van der Waals surface area contributed by atoms with Crippen LogP contribution >= 0.6 is 0 Å². The summed E-state index contributed by atoms with van der Waals surface area (Å²) in [5, 5.41) is 3.55. The molecule has 0 bridgehead atoms. The molecule has 19 heavy (non-hydrogen) atoms. The molecule has 1 N–H and O–H groups in total. The molecular weight excluding hydrogens is 239 g/mol. The third-order valence-corrected chi connectivity index (χ3v) is 3.87. The van der Waals surface area contributed by atoms with Crippen LogP contribution in [0.2, 0.25) is 0 Å². The molecule has 0 saturated heterocycles. The van der Waals surface area contributed by atoms with E-state index in [4.69, 9.17) is 0 Å². The number of aryl methyl sites for hydroxylation is 2. The SMILES string of the molecule is Cc1ccncc1CNC1CCc2cc(F)ccc21. The lowest BCUT2D eigenvalue weighted by molar-refractivity contribution is 0.528. The van der Waals surface area contributed by atoms with Crippen LogP contribution in [0, 0.1) is 12.7 Å². The molecule has 0 fully saturated rings. The number of aromatic nitrogens is 1. The van der Waals surface area contributed by atoms with Crippen LogP contribution in [0.4, 0.5) is 4.39 Å². The Bertz CT molecular complexity index is 595. The van der Waals surface area contributed by atoms with Gasteiger partial charge in [-0.05, 0) is 60.2 Å². The van der Waals surface area contributed by atoms with Gasteiger partial charge in [0.2, 0.25) is 0 Å². The molecule has 3 rings (SSSR count). The summed E-state index contributed by atoms with van der Waals surface area (Å²) < 4.78 is 13.2. The lowest BCUT2D eigenvalue weighted by Crippen LogP contribution is -2.19. The monoisotopic (exact) mass is 256 g/mol. The van der Waals surface area contributed by atoms with Crippen molar-refractivity contribution in [1.29, 1.82) is 0 Å². The Kier molecular flexibility index (Phi) is 3.30. The summed E-state index contributed by atoms with van der Waals surface area (Å²) in [7, 11) is 0. The van der Waals surface area contributed by atoms with Crippen molar-refractivity contribution < 1.29 is 4.39 Å². The highest BCUT2D eigenvalue weighted by Gasteiger charge is 2.22. The molecule has 1 heterocycles. The fraction of sp³-hybridized carbons (Fsp3) is 0.312. The van der Waals surface area contributed by atoms with Crippen molar-refractivity contribution in [2.24, 2.45) is 0 Å². The van der Waals surface area contributed by atoms with Crippen LogP contribution in [-0.2, 0) is 13.0 Å². The van der Waals surface area contributed by atoms with Crippen LogP contribution in [0.1, 0.15) is 34.7 Å². The molecule has 0 saturated carbocycles. The van der Waals surface area contributed by atoms with Crippen LogP contribution in [-0.4, -0.2) is 4.98 Å². The zero-order chi connectivity index (χ0) is 13.2. The van der Waals surface area contributed by atoms with Crippen molar-refractivity contribution >= 4 is 0 Å². The van der Waals surface area contributed by atoms with E-state index in [0.29, 0.717) is 6.04 Å². The second-order valence-corrected chi connectivity index (χ2v) is 5.12. The molecule has 2 nitrogen and oxygen atoms in total. The Morgan fingerprint density at radius 3 is 3.11 bits per heavy atom. The minimum absolute atomic E-state index is 0.137. The molecule has 0 amide bonds. The van der Waals surface area contributed by atoms with Gasteiger partial charge in [0.15, 0.2) is 0 Å². The van der Waals surface area contributed by atoms with E-state index in [1.165, 1.54) is 16.7 Å². The summed E-state index contributed by atoms with van der Waals surface area (Å²) >= 11 is 0. The molecule has 98 valence electrons. The topological polar surface area (TPSA) is 24.9 Å².